The summed E-state index contributed by atoms with van der Waals surface area (Å²) in [5, 5.41) is 1.07. The maximum absolute atomic E-state index is 11.9. The summed E-state index contributed by atoms with van der Waals surface area (Å²) in [7, 11) is 0. The summed E-state index contributed by atoms with van der Waals surface area (Å²) in [5.74, 6) is 0.986. The smallest absolute Gasteiger partial charge is 0.159 e. The summed E-state index contributed by atoms with van der Waals surface area (Å²) in [5.41, 5.74) is 2.08. The van der Waals surface area contributed by atoms with Gasteiger partial charge in [-0.1, -0.05) is 48.5 Å². The van der Waals surface area contributed by atoms with Gasteiger partial charge >= 0.3 is 0 Å². The summed E-state index contributed by atoms with van der Waals surface area (Å²) in [6, 6.07) is 20.2. The molecule has 0 N–H and O–H groups in total. The third kappa shape index (κ3) is 2.78. The van der Waals surface area contributed by atoms with Crippen LogP contribution in [0.1, 0.15) is 23.8 Å². The summed E-state index contributed by atoms with van der Waals surface area (Å²) in [6.07, 6.45) is 3.99. The van der Waals surface area contributed by atoms with Crippen LogP contribution in [0, 0.1) is 0 Å². The molecule has 114 valence electrons. The third-order valence-corrected chi connectivity index (χ3v) is 4.23. The lowest BCUT2D eigenvalue weighted by atomic mass is 10.0. The van der Waals surface area contributed by atoms with Crippen molar-refractivity contribution in [3.63, 3.8) is 0 Å². The van der Waals surface area contributed by atoms with Crippen LogP contribution in [0.2, 0.25) is 0 Å². The number of fused-ring (bicyclic) bond motifs is 1. The first-order valence-corrected chi connectivity index (χ1v) is 7.79. The van der Waals surface area contributed by atoms with Crippen LogP contribution in [0.3, 0.4) is 0 Å². The van der Waals surface area contributed by atoms with Crippen molar-refractivity contribution in [1.82, 2.24) is 4.90 Å². The van der Waals surface area contributed by atoms with Crippen LogP contribution < -0.4 is 0 Å². The number of hydrogen-bond acceptors (Lipinski definition) is 3. The van der Waals surface area contributed by atoms with Crippen molar-refractivity contribution < 1.29 is 9.21 Å². The molecule has 1 atom stereocenters. The van der Waals surface area contributed by atoms with Crippen LogP contribution in [-0.2, 0) is 11.3 Å². The molecule has 0 saturated heterocycles. The summed E-state index contributed by atoms with van der Waals surface area (Å²) < 4.78 is 6.00. The van der Waals surface area contributed by atoms with Gasteiger partial charge in [0.05, 0.1) is 6.04 Å². The fourth-order valence-corrected chi connectivity index (χ4v) is 3.05. The number of allylic oxidation sites excluding steroid dienone is 1. The Labute approximate surface area is 134 Å². The van der Waals surface area contributed by atoms with E-state index in [2.05, 4.69) is 17.0 Å². The van der Waals surface area contributed by atoms with E-state index in [-0.39, 0.29) is 11.8 Å². The molecule has 23 heavy (non-hydrogen) atoms. The lowest BCUT2D eigenvalue weighted by Gasteiger charge is -2.31. The predicted octanol–water partition coefficient (Wildman–Crippen LogP) is 4.46. The fourth-order valence-electron chi connectivity index (χ4n) is 3.05. The van der Waals surface area contributed by atoms with Crippen LogP contribution >= 0.6 is 0 Å². The Bertz CT molecular complexity index is 830. The minimum absolute atomic E-state index is 0.0555. The first-order chi connectivity index (χ1) is 11.3. The number of nitrogens with zero attached hydrogens (tertiary/aromatic N) is 1. The molecule has 2 heterocycles. The average molecular weight is 303 g/mol. The Morgan fingerprint density at radius 1 is 1.04 bits per heavy atom. The maximum Gasteiger partial charge on any atom is 0.159 e. The zero-order chi connectivity index (χ0) is 15.6. The number of rotatable bonds is 3. The minimum atomic E-state index is -0.0555. The van der Waals surface area contributed by atoms with Gasteiger partial charge in [0.15, 0.2) is 5.78 Å². The first kappa shape index (κ1) is 13.8. The summed E-state index contributed by atoms with van der Waals surface area (Å²) in [6.45, 7) is 0.756. The van der Waals surface area contributed by atoms with Crippen molar-refractivity contribution in [3.05, 3.63) is 84.3 Å². The van der Waals surface area contributed by atoms with Gasteiger partial charge in [0, 0.05) is 24.6 Å². The van der Waals surface area contributed by atoms with E-state index in [4.69, 9.17) is 4.42 Å². The lowest BCUT2D eigenvalue weighted by molar-refractivity contribution is -0.116. The molecular weight excluding hydrogens is 286 g/mol. The minimum Gasteiger partial charge on any atom is -0.459 e. The molecule has 1 aliphatic heterocycles. The largest absolute Gasteiger partial charge is 0.459 e. The number of furan rings is 1. The normalized spacial score (nSPS) is 17.8. The predicted molar refractivity (Wildman–Crippen MR) is 89.7 cm³/mol. The zero-order valence-electron chi connectivity index (χ0n) is 12.7. The van der Waals surface area contributed by atoms with E-state index in [0.29, 0.717) is 6.42 Å². The molecule has 0 fully saturated rings. The van der Waals surface area contributed by atoms with Gasteiger partial charge in [-0.05, 0) is 23.8 Å². The van der Waals surface area contributed by atoms with Crippen LogP contribution in [0.4, 0.5) is 0 Å². The second kappa shape index (κ2) is 5.76. The van der Waals surface area contributed by atoms with E-state index >= 15 is 0 Å². The van der Waals surface area contributed by atoms with Gasteiger partial charge in [-0.15, -0.1) is 0 Å². The Morgan fingerprint density at radius 2 is 1.83 bits per heavy atom. The molecule has 0 bridgehead atoms. The van der Waals surface area contributed by atoms with E-state index in [9.17, 15) is 4.79 Å². The highest BCUT2D eigenvalue weighted by molar-refractivity contribution is 5.91. The van der Waals surface area contributed by atoms with Gasteiger partial charge in [-0.2, -0.15) is 0 Å². The number of benzene rings is 2. The number of ketones is 1. The molecule has 3 heteroatoms. The third-order valence-electron chi connectivity index (χ3n) is 4.23. The SMILES string of the molecule is O=C1C=CN(Cc2ccccc2)C(c2cc3ccccc3o2)C1. The molecule has 3 nitrogen and oxygen atoms in total. The molecule has 2 aromatic carbocycles. The summed E-state index contributed by atoms with van der Waals surface area (Å²) in [4.78, 5) is 14.1. The highest BCUT2D eigenvalue weighted by Crippen LogP contribution is 2.33. The molecule has 0 saturated carbocycles. The van der Waals surface area contributed by atoms with Crippen LogP contribution in [0.25, 0.3) is 11.0 Å². The Morgan fingerprint density at radius 3 is 2.65 bits per heavy atom. The molecule has 0 spiro atoms. The van der Waals surface area contributed by atoms with E-state index in [1.807, 2.05) is 54.7 Å². The van der Waals surface area contributed by atoms with Gasteiger partial charge < -0.3 is 9.32 Å². The lowest BCUT2D eigenvalue weighted by Crippen LogP contribution is -2.28. The van der Waals surface area contributed by atoms with Gasteiger partial charge in [-0.3, -0.25) is 4.79 Å². The molecule has 0 amide bonds. The topological polar surface area (TPSA) is 33.5 Å². The van der Waals surface area contributed by atoms with E-state index in [1.165, 1.54) is 5.56 Å². The Kier molecular flexibility index (Phi) is 3.46. The molecule has 3 aromatic rings. The van der Waals surface area contributed by atoms with Crippen molar-refractivity contribution in [3.8, 4) is 0 Å². The van der Waals surface area contributed by atoms with E-state index < -0.39 is 0 Å². The van der Waals surface area contributed by atoms with Crippen molar-refractivity contribution >= 4 is 16.8 Å². The molecule has 0 radical (unpaired) electrons. The molecule has 1 unspecified atom stereocenters. The average Bonchev–Trinajstić information content (AvgIpc) is 3.01. The first-order valence-electron chi connectivity index (χ1n) is 7.79. The number of para-hydroxylation sites is 1. The molecule has 0 aliphatic carbocycles. The van der Waals surface area contributed by atoms with Crippen molar-refractivity contribution in [2.75, 3.05) is 0 Å². The monoisotopic (exact) mass is 303 g/mol. The number of carbonyl (C=O) groups excluding carboxylic acids is 1. The van der Waals surface area contributed by atoms with E-state index in [0.717, 1.165) is 23.3 Å². The van der Waals surface area contributed by atoms with Gasteiger partial charge in [0.25, 0.3) is 0 Å². The Hall–Kier alpha value is -2.81. The van der Waals surface area contributed by atoms with Crippen LogP contribution in [-0.4, -0.2) is 10.7 Å². The van der Waals surface area contributed by atoms with Crippen LogP contribution in [0.15, 0.2) is 77.4 Å². The highest BCUT2D eigenvalue weighted by atomic mass is 16.3. The maximum atomic E-state index is 11.9. The van der Waals surface area contributed by atoms with Crippen molar-refractivity contribution in [2.24, 2.45) is 0 Å². The second-order valence-electron chi connectivity index (χ2n) is 5.85. The van der Waals surface area contributed by atoms with Crippen LogP contribution in [0.5, 0.6) is 0 Å². The second-order valence-corrected chi connectivity index (χ2v) is 5.85. The van der Waals surface area contributed by atoms with Gasteiger partial charge in [0.1, 0.15) is 11.3 Å². The molecule has 1 aromatic heterocycles. The van der Waals surface area contributed by atoms with Crippen molar-refractivity contribution in [2.45, 2.75) is 19.0 Å². The van der Waals surface area contributed by atoms with Gasteiger partial charge in [-0.25, -0.2) is 0 Å². The molecule has 1 aliphatic rings. The van der Waals surface area contributed by atoms with Gasteiger partial charge in [0.2, 0.25) is 0 Å². The highest BCUT2D eigenvalue weighted by Gasteiger charge is 2.27. The Balaban J connectivity index is 1.68. The van der Waals surface area contributed by atoms with E-state index in [1.54, 1.807) is 6.08 Å². The molecule has 4 rings (SSSR count). The van der Waals surface area contributed by atoms with Crippen molar-refractivity contribution in [1.29, 1.82) is 0 Å². The standard InChI is InChI=1S/C20H17NO2/c22-17-10-11-21(14-15-6-2-1-3-7-15)18(13-17)20-12-16-8-4-5-9-19(16)23-20/h1-12,18H,13-14H2. The number of hydrogen-bond donors (Lipinski definition) is 0. The number of carbonyl (C=O) groups is 1. The summed E-state index contributed by atoms with van der Waals surface area (Å²) >= 11 is 0. The molecular formula is C20H17NO2. The quantitative estimate of drug-likeness (QED) is 0.716. The zero-order valence-corrected chi connectivity index (χ0v) is 12.7. The fraction of sp³-hybridized carbons (Fsp3) is 0.150.